The highest BCUT2D eigenvalue weighted by Gasteiger charge is 2.26. The Hall–Kier alpha value is -1.69. The molecule has 0 radical (unpaired) electrons. The molecule has 1 aromatic heterocycles. The SMILES string of the molecule is CNC(=O)c1cccc([C@H]2CN(Cc3sccc3C)CCN2C)c1. The average Bonchev–Trinajstić information content (AvgIpc) is 3.00. The molecule has 0 spiro atoms. The van der Waals surface area contributed by atoms with Gasteiger partial charge in [-0.1, -0.05) is 12.1 Å². The number of carbonyl (C=O) groups is 1. The Bertz CT molecular complexity index is 712. The van der Waals surface area contributed by atoms with E-state index in [0.29, 0.717) is 6.04 Å². The Kier molecular flexibility index (Phi) is 5.33. The highest BCUT2D eigenvalue weighted by molar-refractivity contribution is 7.10. The zero-order valence-corrected chi connectivity index (χ0v) is 15.4. The molecule has 0 saturated carbocycles. The topological polar surface area (TPSA) is 35.6 Å². The van der Waals surface area contributed by atoms with Crippen LogP contribution in [0, 0.1) is 6.92 Å². The molecular weight excluding hydrogens is 318 g/mol. The molecule has 1 atom stereocenters. The maximum Gasteiger partial charge on any atom is 0.251 e. The summed E-state index contributed by atoms with van der Waals surface area (Å²) in [5, 5.41) is 4.88. The van der Waals surface area contributed by atoms with Gasteiger partial charge in [0.05, 0.1) is 0 Å². The van der Waals surface area contributed by atoms with E-state index in [-0.39, 0.29) is 5.91 Å². The summed E-state index contributed by atoms with van der Waals surface area (Å²) in [6.45, 7) is 6.32. The van der Waals surface area contributed by atoms with E-state index in [4.69, 9.17) is 0 Å². The molecule has 1 aliphatic rings. The molecule has 2 heterocycles. The molecule has 1 aromatic carbocycles. The number of nitrogens with zero attached hydrogens (tertiary/aromatic N) is 2. The van der Waals surface area contributed by atoms with Gasteiger partial charge in [-0.3, -0.25) is 14.6 Å². The molecule has 0 bridgehead atoms. The summed E-state index contributed by atoms with van der Waals surface area (Å²) in [7, 11) is 3.85. The third-order valence-electron chi connectivity index (χ3n) is 4.83. The molecular formula is C19H25N3OS. The second kappa shape index (κ2) is 7.47. The van der Waals surface area contributed by atoms with Crippen LogP contribution < -0.4 is 5.32 Å². The van der Waals surface area contributed by atoms with Gasteiger partial charge in [0.15, 0.2) is 0 Å². The van der Waals surface area contributed by atoms with Crippen LogP contribution in [-0.4, -0.2) is 49.4 Å². The minimum atomic E-state index is -0.0265. The van der Waals surface area contributed by atoms with E-state index in [2.05, 4.69) is 46.6 Å². The van der Waals surface area contributed by atoms with Gasteiger partial charge >= 0.3 is 0 Å². The highest BCUT2D eigenvalue weighted by atomic mass is 32.1. The Morgan fingerprint density at radius 3 is 2.88 bits per heavy atom. The first kappa shape index (κ1) is 17.1. The Labute approximate surface area is 148 Å². The monoisotopic (exact) mass is 343 g/mol. The Morgan fingerprint density at radius 1 is 1.33 bits per heavy atom. The van der Waals surface area contributed by atoms with Crippen LogP contribution in [0.15, 0.2) is 35.7 Å². The van der Waals surface area contributed by atoms with Crippen molar-refractivity contribution in [2.45, 2.75) is 19.5 Å². The smallest absolute Gasteiger partial charge is 0.251 e. The fourth-order valence-corrected chi connectivity index (χ4v) is 4.18. The van der Waals surface area contributed by atoms with Crippen molar-refractivity contribution in [3.8, 4) is 0 Å². The van der Waals surface area contributed by atoms with Crippen LogP contribution in [0.3, 0.4) is 0 Å². The first-order chi connectivity index (χ1) is 11.6. The van der Waals surface area contributed by atoms with Gasteiger partial charge in [-0.15, -0.1) is 11.3 Å². The number of carbonyl (C=O) groups excluding carboxylic acids is 1. The van der Waals surface area contributed by atoms with Crippen LogP contribution in [0.25, 0.3) is 0 Å². The van der Waals surface area contributed by atoms with E-state index < -0.39 is 0 Å². The predicted octanol–water partition coefficient (Wildman–Crippen LogP) is 2.90. The van der Waals surface area contributed by atoms with E-state index in [0.717, 1.165) is 31.7 Å². The molecule has 3 rings (SSSR count). The number of hydrogen-bond acceptors (Lipinski definition) is 4. The summed E-state index contributed by atoms with van der Waals surface area (Å²) in [5.41, 5.74) is 3.33. The van der Waals surface area contributed by atoms with Crippen molar-refractivity contribution in [3.63, 3.8) is 0 Å². The van der Waals surface area contributed by atoms with Gasteiger partial charge in [0.25, 0.3) is 5.91 Å². The van der Waals surface area contributed by atoms with Crippen LogP contribution in [0.2, 0.25) is 0 Å². The van der Waals surface area contributed by atoms with E-state index in [9.17, 15) is 4.79 Å². The molecule has 128 valence electrons. The Morgan fingerprint density at radius 2 is 2.17 bits per heavy atom. The van der Waals surface area contributed by atoms with Gasteiger partial charge in [-0.25, -0.2) is 0 Å². The average molecular weight is 343 g/mol. The fraction of sp³-hybridized carbons (Fsp3) is 0.421. The Balaban J connectivity index is 1.76. The standard InChI is InChI=1S/C19H25N3OS/c1-14-7-10-24-18(14)13-22-9-8-21(3)17(12-22)15-5-4-6-16(11-15)19(23)20-2/h4-7,10-11,17H,8-9,12-13H2,1-3H3,(H,20,23)/t17-/m1/s1. The van der Waals surface area contributed by atoms with Crippen LogP contribution in [0.4, 0.5) is 0 Å². The lowest BCUT2D eigenvalue weighted by molar-refractivity contribution is 0.0906. The van der Waals surface area contributed by atoms with E-state index in [1.54, 1.807) is 7.05 Å². The third-order valence-corrected chi connectivity index (χ3v) is 5.84. The number of rotatable bonds is 4. The van der Waals surface area contributed by atoms with Crippen molar-refractivity contribution >= 4 is 17.2 Å². The largest absolute Gasteiger partial charge is 0.355 e. The van der Waals surface area contributed by atoms with E-state index in [1.165, 1.54) is 16.0 Å². The molecule has 24 heavy (non-hydrogen) atoms. The lowest BCUT2D eigenvalue weighted by Crippen LogP contribution is -2.46. The highest BCUT2D eigenvalue weighted by Crippen LogP contribution is 2.27. The van der Waals surface area contributed by atoms with Gasteiger partial charge in [-0.2, -0.15) is 0 Å². The van der Waals surface area contributed by atoms with Crippen molar-refractivity contribution in [1.82, 2.24) is 15.1 Å². The van der Waals surface area contributed by atoms with Crippen LogP contribution in [0.5, 0.6) is 0 Å². The minimum Gasteiger partial charge on any atom is -0.355 e. The summed E-state index contributed by atoms with van der Waals surface area (Å²) < 4.78 is 0. The minimum absolute atomic E-state index is 0.0265. The van der Waals surface area contributed by atoms with E-state index >= 15 is 0 Å². The zero-order chi connectivity index (χ0) is 17.1. The maximum atomic E-state index is 11.9. The molecule has 1 saturated heterocycles. The lowest BCUT2D eigenvalue weighted by atomic mass is 10.00. The van der Waals surface area contributed by atoms with Gasteiger partial charge in [0, 0.05) is 49.7 Å². The fourth-order valence-electron chi connectivity index (χ4n) is 3.23. The van der Waals surface area contributed by atoms with Gasteiger partial charge in [0.2, 0.25) is 0 Å². The molecule has 4 nitrogen and oxygen atoms in total. The zero-order valence-electron chi connectivity index (χ0n) is 14.6. The summed E-state index contributed by atoms with van der Waals surface area (Å²) in [6, 6.07) is 10.5. The molecule has 0 unspecified atom stereocenters. The molecule has 1 amide bonds. The number of amides is 1. The summed E-state index contributed by atoms with van der Waals surface area (Å²) in [5.74, 6) is -0.0265. The molecule has 0 aliphatic carbocycles. The lowest BCUT2D eigenvalue weighted by Gasteiger charge is -2.39. The summed E-state index contributed by atoms with van der Waals surface area (Å²) in [6.07, 6.45) is 0. The van der Waals surface area contributed by atoms with Gasteiger partial charge in [-0.05, 0) is 48.7 Å². The van der Waals surface area contributed by atoms with Crippen LogP contribution in [0.1, 0.15) is 32.4 Å². The number of hydrogen-bond donors (Lipinski definition) is 1. The van der Waals surface area contributed by atoms with Crippen molar-refractivity contribution in [2.75, 3.05) is 33.7 Å². The third kappa shape index (κ3) is 3.69. The summed E-state index contributed by atoms with van der Waals surface area (Å²) >= 11 is 1.84. The second-order valence-corrected chi connectivity index (χ2v) is 7.46. The number of benzene rings is 1. The number of likely N-dealkylation sites (N-methyl/N-ethyl adjacent to an activating group) is 1. The van der Waals surface area contributed by atoms with Gasteiger partial charge in [0.1, 0.15) is 0 Å². The second-order valence-electron chi connectivity index (χ2n) is 6.46. The molecule has 1 fully saturated rings. The normalized spacial score (nSPS) is 19.4. The molecule has 1 aliphatic heterocycles. The van der Waals surface area contributed by atoms with Crippen molar-refractivity contribution < 1.29 is 4.79 Å². The van der Waals surface area contributed by atoms with Crippen molar-refractivity contribution in [2.24, 2.45) is 0 Å². The van der Waals surface area contributed by atoms with Crippen LogP contribution in [-0.2, 0) is 6.54 Å². The number of nitrogens with one attached hydrogen (secondary N) is 1. The number of aryl methyl sites for hydroxylation is 1. The van der Waals surface area contributed by atoms with E-state index in [1.807, 2.05) is 29.5 Å². The predicted molar refractivity (Wildman–Crippen MR) is 99.5 cm³/mol. The molecule has 5 heteroatoms. The first-order valence-corrected chi connectivity index (χ1v) is 9.24. The maximum absolute atomic E-state index is 11.9. The number of thiophene rings is 1. The molecule has 2 aromatic rings. The first-order valence-electron chi connectivity index (χ1n) is 8.36. The van der Waals surface area contributed by atoms with Crippen molar-refractivity contribution in [1.29, 1.82) is 0 Å². The quantitative estimate of drug-likeness (QED) is 0.927. The summed E-state index contributed by atoms with van der Waals surface area (Å²) in [4.78, 5) is 18.3. The van der Waals surface area contributed by atoms with Crippen molar-refractivity contribution in [3.05, 3.63) is 57.3 Å². The van der Waals surface area contributed by atoms with Crippen LogP contribution >= 0.6 is 11.3 Å². The molecule has 1 N–H and O–H groups in total. The number of piperazine rings is 1. The van der Waals surface area contributed by atoms with Gasteiger partial charge < -0.3 is 5.32 Å².